The van der Waals surface area contributed by atoms with Crippen LogP contribution in [0.15, 0.2) is 76.9 Å². The Kier molecular flexibility index (Phi) is 5.54. The van der Waals surface area contributed by atoms with Gasteiger partial charge in [-0.3, -0.25) is 9.59 Å². The Morgan fingerprint density at radius 3 is 2.57 bits per heavy atom. The number of aromatic nitrogens is 1. The van der Waals surface area contributed by atoms with E-state index in [0.29, 0.717) is 21.3 Å². The SMILES string of the molecule is Cc1cc(C=C2SC(=Nc3ccc(CC(=O)O)cc3)NC2=O)ccc1-n1cccc1. The van der Waals surface area contributed by atoms with Crippen LogP contribution < -0.4 is 5.32 Å². The van der Waals surface area contributed by atoms with Gasteiger partial charge in [-0.25, -0.2) is 4.99 Å². The molecule has 0 unspecified atom stereocenters. The second-order valence-corrected chi connectivity index (χ2v) is 7.89. The van der Waals surface area contributed by atoms with Gasteiger partial charge in [0.25, 0.3) is 5.91 Å². The molecule has 1 aliphatic rings. The molecule has 30 heavy (non-hydrogen) atoms. The number of amidine groups is 1. The average molecular weight is 417 g/mol. The van der Waals surface area contributed by atoms with E-state index in [4.69, 9.17) is 5.11 Å². The molecule has 1 fully saturated rings. The van der Waals surface area contributed by atoms with Crippen LogP contribution in [0.25, 0.3) is 11.8 Å². The predicted molar refractivity (Wildman–Crippen MR) is 119 cm³/mol. The third-order valence-electron chi connectivity index (χ3n) is 4.57. The van der Waals surface area contributed by atoms with Crippen molar-refractivity contribution in [2.45, 2.75) is 13.3 Å². The predicted octanol–water partition coefficient (Wildman–Crippen LogP) is 4.30. The summed E-state index contributed by atoms with van der Waals surface area (Å²) in [6.45, 7) is 2.04. The first-order chi connectivity index (χ1) is 14.5. The fraction of sp³-hybridized carbons (Fsp3) is 0.0870. The zero-order valence-electron chi connectivity index (χ0n) is 16.2. The first-order valence-electron chi connectivity index (χ1n) is 9.32. The molecule has 2 aromatic carbocycles. The Morgan fingerprint density at radius 1 is 1.17 bits per heavy atom. The van der Waals surface area contributed by atoms with Crippen LogP contribution in [0.5, 0.6) is 0 Å². The van der Waals surface area contributed by atoms with Crippen molar-refractivity contribution in [3.05, 3.63) is 88.6 Å². The molecule has 0 saturated carbocycles. The summed E-state index contributed by atoms with van der Waals surface area (Å²) < 4.78 is 2.05. The van der Waals surface area contributed by atoms with Crippen molar-refractivity contribution in [1.82, 2.24) is 9.88 Å². The van der Waals surface area contributed by atoms with Gasteiger partial charge in [0.2, 0.25) is 0 Å². The molecule has 1 saturated heterocycles. The van der Waals surface area contributed by atoms with Crippen LogP contribution in [0.2, 0.25) is 0 Å². The lowest BCUT2D eigenvalue weighted by Gasteiger charge is -2.08. The number of carbonyl (C=O) groups excluding carboxylic acids is 1. The van der Waals surface area contributed by atoms with Crippen molar-refractivity contribution >= 4 is 40.6 Å². The second-order valence-electron chi connectivity index (χ2n) is 6.85. The Labute approximate surface area is 178 Å². The number of aliphatic imine (C=N–C) groups is 1. The molecule has 150 valence electrons. The van der Waals surface area contributed by atoms with Crippen LogP contribution in [0.3, 0.4) is 0 Å². The van der Waals surface area contributed by atoms with Crippen LogP contribution in [0, 0.1) is 6.92 Å². The molecule has 4 rings (SSSR count). The van der Waals surface area contributed by atoms with Crippen LogP contribution in [-0.2, 0) is 16.0 Å². The number of rotatable bonds is 5. The molecule has 7 heteroatoms. The van der Waals surface area contributed by atoms with Gasteiger partial charge >= 0.3 is 5.97 Å². The third-order valence-corrected chi connectivity index (χ3v) is 5.48. The fourth-order valence-corrected chi connectivity index (χ4v) is 4.01. The molecular formula is C23H19N3O3S. The highest BCUT2D eigenvalue weighted by atomic mass is 32.2. The quantitative estimate of drug-likeness (QED) is 0.606. The average Bonchev–Trinajstić information content (AvgIpc) is 3.34. The summed E-state index contributed by atoms with van der Waals surface area (Å²) in [6, 6.07) is 17.0. The van der Waals surface area contributed by atoms with E-state index in [1.165, 1.54) is 11.8 Å². The summed E-state index contributed by atoms with van der Waals surface area (Å²) in [5.41, 5.74) is 4.51. The number of amides is 1. The van der Waals surface area contributed by atoms with Crippen molar-refractivity contribution in [2.75, 3.05) is 0 Å². The summed E-state index contributed by atoms with van der Waals surface area (Å²) in [5, 5.41) is 12.1. The lowest BCUT2D eigenvalue weighted by Crippen LogP contribution is -2.19. The van der Waals surface area contributed by atoms with Crippen LogP contribution >= 0.6 is 11.8 Å². The number of carboxylic acids is 1. The molecule has 1 aliphatic heterocycles. The molecular weight excluding hydrogens is 398 g/mol. The molecule has 0 spiro atoms. The van der Waals surface area contributed by atoms with E-state index in [1.54, 1.807) is 24.3 Å². The molecule has 6 nitrogen and oxygen atoms in total. The second kappa shape index (κ2) is 8.42. The van der Waals surface area contributed by atoms with Crippen molar-refractivity contribution in [1.29, 1.82) is 0 Å². The largest absolute Gasteiger partial charge is 0.481 e. The minimum atomic E-state index is -0.876. The van der Waals surface area contributed by atoms with Gasteiger partial charge in [-0.2, -0.15) is 0 Å². The maximum Gasteiger partial charge on any atom is 0.307 e. The van der Waals surface area contributed by atoms with Crippen molar-refractivity contribution in [3.8, 4) is 5.69 Å². The Balaban J connectivity index is 1.50. The monoisotopic (exact) mass is 417 g/mol. The molecule has 2 heterocycles. The Morgan fingerprint density at radius 2 is 1.90 bits per heavy atom. The van der Waals surface area contributed by atoms with E-state index in [9.17, 15) is 9.59 Å². The maximum atomic E-state index is 12.3. The lowest BCUT2D eigenvalue weighted by atomic mass is 10.1. The van der Waals surface area contributed by atoms with Crippen LogP contribution in [-0.4, -0.2) is 26.7 Å². The van der Waals surface area contributed by atoms with E-state index in [0.717, 1.165) is 16.8 Å². The maximum absolute atomic E-state index is 12.3. The van der Waals surface area contributed by atoms with Crippen molar-refractivity contribution in [2.24, 2.45) is 4.99 Å². The number of aliphatic carboxylic acids is 1. The highest BCUT2D eigenvalue weighted by Gasteiger charge is 2.23. The molecule has 1 amide bonds. The number of hydrogen-bond acceptors (Lipinski definition) is 4. The summed E-state index contributed by atoms with van der Waals surface area (Å²) in [6.07, 6.45) is 5.82. The zero-order chi connectivity index (χ0) is 21.1. The van der Waals surface area contributed by atoms with Gasteiger partial charge in [-0.1, -0.05) is 18.2 Å². The number of carbonyl (C=O) groups is 2. The van der Waals surface area contributed by atoms with Gasteiger partial charge in [0.1, 0.15) is 0 Å². The van der Waals surface area contributed by atoms with E-state index in [1.807, 2.05) is 55.7 Å². The summed E-state index contributed by atoms with van der Waals surface area (Å²) in [4.78, 5) is 28.1. The van der Waals surface area contributed by atoms with Gasteiger partial charge in [-0.15, -0.1) is 0 Å². The molecule has 0 aliphatic carbocycles. The van der Waals surface area contributed by atoms with E-state index < -0.39 is 5.97 Å². The molecule has 3 aromatic rings. The van der Waals surface area contributed by atoms with Crippen molar-refractivity contribution < 1.29 is 14.7 Å². The van der Waals surface area contributed by atoms with E-state index in [2.05, 4.69) is 14.9 Å². The third kappa shape index (κ3) is 4.52. The van der Waals surface area contributed by atoms with E-state index >= 15 is 0 Å². The number of carboxylic acid groups (broad SMARTS) is 1. The zero-order valence-corrected chi connectivity index (χ0v) is 17.0. The van der Waals surface area contributed by atoms with E-state index in [-0.39, 0.29) is 12.3 Å². The topological polar surface area (TPSA) is 83.7 Å². The Hall–Kier alpha value is -3.58. The number of nitrogens with one attached hydrogen (secondary N) is 1. The standard InChI is InChI=1S/C23H19N3O3S/c1-15-12-17(6-9-19(15)26-10-2-3-11-26)13-20-22(29)25-23(30-20)24-18-7-4-16(5-8-18)14-21(27)28/h2-13H,14H2,1H3,(H,27,28)(H,24,25,29). The van der Waals surface area contributed by atoms with Gasteiger partial charge in [0.05, 0.1) is 17.0 Å². The highest BCUT2D eigenvalue weighted by Crippen LogP contribution is 2.29. The van der Waals surface area contributed by atoms with Gasteiger partial charge < -0.3 is 15.0 Å². The van der Waals surface area contributed by atoms with Crippen molar-refractivity contribution in [3.63, 3.8) is 0 Å². The molecule has 2 N–H and O–H groups in total. The summed E-state index contributed by atoms with van der Waals surface area (Å²) in [5.74, 6) is -1.06. The first kappa shape index (κ1) is 19.7. The minimum Gasteiger partial charge on any atom is -0.481 e. The number of aryl methyl sites for hydroxylation is 1. The highest BCUT2D eigenvalue weighted by molar-refractivity contribution is 8.18. The Bertz CT molecular complexity index is 1160. The molecule has 0 radical (unpaired) electrons. The molecule has 1 aromatic heterocycles. The number of nitrogens with zero attached hydrogens (tertiary/aromatic N) is 2. The first-order valence-corrected chi connectivity index (χ1v) is 10.1. The number of benzene rings is 2. The van der Waals surface area contributed by atoms with Crippen LogP contribution in [0.4, 0.5) is 5.69 Å². The summed E-state index contributed by atoms with van der Waals surface area (Å²) >= 11 is 1.28. The number of thioether (sulfide) groups is 1. The normalized spacial score (nSPS) is 16.2. The fourth-order valence-electron chi connectivity index (χ4n) is 3.17. The smallest absolute Gasteiger partial charge is 0.307 e. The van der Waals surface area contributed by atoms with Crippen LogP contribution in [0.1, 0.15) is 16.7 Å². The minimum absolute atomic E-state index is 0.0300. The van der Waals surface area contributed by atoms with Gasteiger partial charge in [0, 0.05) is 18.1 Å². The summed E-state index contributed by atoms with van der Waals surface area (Å²) in [7, 11) is 0. The molecule has 0 bridgehead atoms. The molecule has 0 atom stereocenters. The van der Waals surface area contributed by atoms with Gasteiger partial charge in [-0.05, 0) is 77.9 Å². The number of hydrogen-bond donors (Lipinski definition) is 2. The lowest BCUT2D eigenvalue weighted by molar-refractivity contribution is -0.136. The van der Waals surface area contributed by atoms with Gasteiger partial charge in [0.15, 0.2) is 5.17 Å².